The van der Waals surface area contributed by atoms with Gasteiger partial charge in [0.25, 0.3) is 0 Å². The first-order valence-electron chi connectivity index (χ1n) is 4.04. The second kappa shape index (κ2) is 3.72. The Kier molecular flexibility index (Phi) is 2.88. The summed E-state index contributed by atoms with van der Waals surface area (Å²) in [6.07, 6.45) is 1.74. The van der Waals surface area contributed by atoms with E-state index in [-0.39, 0.29) is 5.97 Å². The summed E-state index contributed by atoms with van der Waals surface area (Å²) in [4.78, 5) is 10.6. The lowest BCUT2D eigenvalue weighted by atomic mass is 10.4. The highest BCUT2D eigenvalue weighted by atomic mass is 16.5. The Hall–Kier alpha value is -0.570. The normalized spacial score (nSPS) is 28.2. The molecular weight excluding hydrogens is 142 g/mol. The summed E-state index contributed by atoms with van der Waals surface area (Å²) in [5, 5.41) is 3.27. The van der Waals surface area contributed by atoms with Crippen molar-refractivity contribution in [3.8, 4) is 0 Å². The van der Waals surface area contributed by atoms with Crippen LogP contribution in [-0.4, -0.2) is 25.7 Å². The van der Waals surface area contributed by atoms with E-state index in [0.717, 1.165) is 12.5 Å². The topological polar surface area (TPSA) is 38.3 Å². The monoisotopic (exact) mass is 157 g/mol. The van der Waals surface area contributed by atoms with Gasteiger partial charge in [-0.3, -0.25) is 4.79 Å². The lowest BCUT2D eigenvalue weighted by Crippen LogP contribution is -2.21. The molecule has 0 aromatic rings. The summed E-state index contributed by atoms with van der Waals surface area (Å²) < 4.78 is 4.50. The first kappa shape index (κ1) is 8.53. The molecule has 2 atom stereocenters. The molecule has 1 fully saturated rings. The molecule has 0 heterocycles. The quantitative estimate of drug-likeness (QED) is 0.605. The number of carbonyl (C=O) groups is 1. The van der Waals surface area contributed by atoms with Crippen LogP contribution in [0.15, 0.2) is 0 Å². The molecule has 3 heteroatoms. The van der Waals surface area contributed by atoms with Crippen LogP contribution in [0, 0.1) is 5.92 Å². The fourth-order valence-corrected chi connectivity index (χ4v) is 1.07. The number of nitrogens with one attached hydrogen (secondary N) is 1. The van der Waals surface area contributed by atoms with Crippen molar-refractivity contribution in [2.75, 3.05) is 13.7 Å². The molecule has 11 heavy (non-hydrogen) atoms. The average Bonchev–Trinajstić information content (AvgIpc) is 2.66. The highest BCUT2D eigenvalue weighted by Crippen LogP contribution is 2.28. The highest BCUT2D eigenvalue weighted by molar-refractivity contribution is 5.69. The molecule has 0 spiro atoms. The van der Waals surface area contributed by atoms with E-state index in [1.165, 1.54) is 13.5 Å². The number of esters is 1. The van der Waals surface area contributed by atoms with Crippen LogP contribution in [0.5, 0.6) is 0 Å². The summed E-state index contributed by atoms with van der Waals surface area (Å²) in [6.45, 7) is 2.96. The first-order chi connectivity index (χ1) is 5.24. The molecule has 3 nitrogen and oxygen atoms in total. The van der Waals surface area contributed by atoms with Gasteiger partial charge in [0.15, 0.2) is 0 Å². The first-order valence-corrected chi connectivity index (χ1v) is 4.04. The third kappa shape index (κ3) is 2.89. The van der Waals surface area contributed by atoms with Crippen molar-refractivity contribution in [2.24, 2.45) is 5.92 Å². The summed E-state index contributed by atoms with van der Waals surface area (Å²) in [5.74, 6) is 0.665. The molecule has 0 bridgehead atoms. The van der Waals surface area contributed by atoms with Crippen molar-refractivity contribution >= 4 is 5.97 Å². The Balaban J connectivity index is 1.92. The molecule has 0 radical (unpaired) electrons. The van der Waals surface area contributed by atoms with Gasteiger partial charge in [-0.15, -0.1) is 0 Å². The zero-order valence-corrected chi connectivity index (χ0v) is 7.09. The smallest absolute Gasteiger partial charge is 0.306 e. The predicted octanol–water partition coefficient (Wildman–Crippen LogP) is 0.547. The summed E-state index contributed by atoms with van der Waals surface area (Å²) in [7, 11) is 1.42. The SMILES string of the molecule is COC(=O)CCNC1CC1C. The van der Waals surface area contributed by atoms with Gasteiger partial charge in [-0.2, -0.15) is 0 Å². The molecular formula is C8H15NO2. The second-order valence-corrected chi connectivity index (χ2v) is 3.10. The van der Waals surface area contributed by atoms with Gasteiger partial charge in [-0.05, 0) is 12.3 Å². The molecule has 1 saturated carbocycles. The van der Waals surface area contributed by atoms with Crippen LogP contribution in [0.25, 0.3) is 0 Å². The van der Waals surface area contributed by atoms with E-state index in [2.05, 4.69) is 17.0 Å². The van der Waals surface area contributed by atoms with E-state index < -0.39 is 0 Å². The van der Waals surface area contributed by atoms with E-state index in [9.17, 15) is 4.79 Å². The maximum Gasteiger partial charge on any atom is 0.306 e. The van der Waals surface area contributed by atoms with Crippen molar-refractivity contribution in [2.45, 2.75) is 25.8 Å². The minimum absolute atomic E-state index is 0.134. The zero-order valence-electron chi connectivity index (χ0n) is 7.09. The fourth-order valence-electron chi connectivity index (χ4n) is 1.07. The fraction of sp³-hybridized carbons (Fsp3) is 0.875. The zero-order chi connectivity index (χ0) is 8.27. The van der Waals surface area contributed by atoms with E-state index in [1.54, 1.807) is 0 Å². The Morgan fingerprint density at radius 3 is 2.82 bits per heavy atom. The molecule has 0 saturated heterocycles. The Labute approximate surface area is 67.1 Å². The number of hydrogen-bond acceptors (Lipinski definition) is 3. The number of ether oxygens (including phenoxy) is 1. The molecule has 1 N–H and O–H groups in total. The van der Waals surface area contributed by atoms with Crippen LogP contribution < -0.4 is 5.32 Å². The van der Waals surface area contributed by atoms with Crippen molar-refractivity contribution < 1.29 is 9.53 Å². The number of hydrogen-bond donors (Lipinski definition) is 1. The van der Waals surface area contributed by atoms with E-state index in [0.29, 0.717) is 12.5 Å². The van der Waals surface area contributed by atoms with Crippen LogP contribution in [0.4, 0.5) is 0 Å². The van der Waals surface area contributed by atoms with Crippen molar-refractivity contribution in [1.82, 2.24) is 5.32 Å². The summed E-state index contributed by atoms with van der Waals surface area (Å²) >= 11 is 0. The Morgan fingerprint density at radius 2 is 2.36 bits per heavy atom. The number of rotatable bonds is 4. The molecule has 0 aromatic carbocycles. The van der Waals surface area contributed by atoms with Crippen LogP contribution in [-0.2, 0) is 9.53 Å². The van der Waals surface area contributed by atoms with Gasteiger partial charge < -0.3 is 10.1 Å². The summed E-state index contributed by atoms with van der Waals surface area (Å²) in [5.41, 5.74) is 0. The molecule has 1 aliphatic rings. The molecule has 0 aliphatic heterocycles. The Morgan fingerprint density at radius 1 is 1.73 bits per heavy atom. The maximum atomic E-state index is 10.6. The molecule has 1 rings (SSSR count). The molecule has 1 aliphatic carbocycles. The van der Waals surface area contributed by atoms with Gasteiger partial charge in [0, 0.05) is 12.6 Å². The molecule has 0 aromatic heterocycles. The van der Waals surface area contributed by atoms with Gasteiger partial charge >= 0.3 is 5.97 Å². The van der Waals surface area contributed by atoms with Gasteiger partial charge in [-0.25, -0.2) is 0 Å². The van der Waals surface area contributed by atoms with Crippen LogP contribution in [0.3, 0.4) is 0 Å². The van der Waals surface area contributed by atoms with Gasteiger partial charge in [0.1, 0.15) is 0 Å². The lowest BCUT2D eigenvalue weighted by molar-refractivity contribution is -0.140. The third-order valence-corrected chi connectivity index (χ3v) is 2.07. The Bertz CT molecular complexity index is 147. The number of carbonyl (C=O) groups excluding carboxylic acids is 1. The van der Waals surface area contributed by atoms with E-state index in [1.807, 2.05) is 0 Å². The van der Waals surface area contributed by atoms with Crippen LogP contribution in [0.2, 0.25) is 0 Å². The van der Waals surface area contributed by atoms with Crippen LogP contribution >= 0.6 is 0 Å². The number of methoxy groups -OCH3 is 1. The molecule has 2 unspecified atom stereocenters. The largest absolute Gasteiger partial charge is 0.469 e. The van der Waals surface area contributed by atoms with Crippen molar-refractivity contribution in [3.63, 3.8) is 0 Å². The minimum Gasteiger partial charge on any atom is -0.469 e. The van der Waals surface area contributed by atoms with Gasteiger partial charge in [0.2, 0.25) is 0 Å². The minimum atomic E-state index is -0.134. The average molecular weight is 157 g/mol. The van der Waals surface area contributed by atoms with E-state index in [4.69, 9.17) is 0 Å². The second-order valence-electron chi connectivity index (χ2n) is 3.10. The van der Waals surface area contributed by atoms with Crippen LogP contribution in [0.1, 0.15) is 19.8 Å². The molecule has 64 valence electrons. The molecule has 0 amide bonds. The van der Waals surface area contributed by atoms with Gasteiger partial charge in [0.05, 0.1) is 13.5 Å². The lowest BCUT2D eigenvalue weighted by Gasteiger charge is -2.00. The summed E-state index contributed by atoms with van der Waals surface area (Å²) in [6, 6.07) is 0.652. The third-order valence-electron chi connectivity index (χ3n) is 2.07. The predicted molar refractivity (Wildman–Crippen MR) is 42.2 cm³/mol. The maximum absolute atomic E-state index is 10.6. The van der Waals surface area contributed by atoms with E-state index >= 15 is 0 Å². The van der Waals surface area contributed by atoms with Gasteiger partial charge in [-0.1, -0.05) is 6.92 Å². The van der Waals surface area contributed by atoms with Crippen molar-refractivity contribution in [1.29, 1.82) is 0 Å². The van der Waals surface area contributed by atoms with Crippen molar-refractivity contribution in [3.05, 3.63) is 0 Å². The highest BCUT2D eigenvalue weighted by Gasteiger charge is 2.31. The standard InChI is InChI=1S/C8H15NO2/c1-6-5-7(6)9-4-3-8(10)11-2/h6-7,9H,3-5H2,1-2H3.